The summed E-state index contributed by atoms with van der Waals surface area (Å²) >= 11 is 5.20. The van der Waals surface area contributed by atoms with E-state index in [2.05, 4.69) is 10.1 Å². The Morgan fingerprint density at radius 1 is 1.39 bits per heavy atom. The topological polar surface area (TPSA) is 84.9 Å². The van der Waals surface area contributed by atoms with Gasteiger partial charge in [0, 0.05) is 0 Å². The van der Waals surface area contributed by atoms with Crippen LogP contribution in [0.15, 0.2) is 0 Å². The van der Waals surface area contributed by atoms with Crippen molar-refractivity contribution in [1.29, 1.82) is 0 Å². The maximum Gasteiger partial charge on any atom is 0.407 e. The van der Waals surface area contributed by atoms with Gasteiger partial charge in [-0.15, -0.1) is 0 Å². The van der Waals surface area contributed by atoms with Crippen molar-refractivity contribution in [3.8, 4) is 0 Å². The average molecular weight is 282 g/mol. The van der Waals surface area contributed by atoms with Gasteiger partial charge in [0.15, 0.2) is 6.07 Å². The molecule has 0 rings (SSSR count). The van der Waals surface area contributed by atoms with Gasteiger partial charge in [0.25, 0.3) is 0 Å². The second-order valence-corrected chi connectivity index (χ2v) is 5.05. The molecule has 18 heavy (non-hydrogen) atoms. The van der Waals surface area contributed by atoms with Crippen molar-refractivity contribution >= 4 is 23.7 Å². The molecule has 6 nitrogen and oxygen atoms in total. The fourth-order valence-electron chi connectivity index (χ4n) is 1.06. The molecule has 106 valence electrons. The SMILES string of the molecule is C[C@@H](NC(=O)OC(C)(C)C)C(O)CC(=O)OCCl. The minimum Gasteiger partial charge on any atom is -0.449 e. The van der Waals surface area contributed by atoms with Gasteiger partial charge >= 0.3 is 12.1 Å². The van der Waals surface area contributed by atoms with Gasteiger partial charge in [-0.25, -0.2) is 4.79 Å². The lowest BCUT2D eigenvalue weighted by molar-refractivity contribution is -0.144. The van der Waals surface area contributed by atoms with Gasteiger partial charge in [-0.05, 0) is 27.7 Å². The zero-order chi connectivity index (χ0) is 14.3. The van der Waals surface area contributed by atoms with Crippen LogP contribution >= 0.6 is 11.6 Å². The molecule has 0 aliphatic carbocycles. The van der Waals surface area contributed by atoms with Crippen LogP contribution in [-0.2, 0) is 14.3 Å². The fraction of sp³-hybridized carbons (Fsp3) is 0.818. The van der Waals surface area contributed by atoms with E-state index < -0.39 is 29.8 Å². The number of alkyl halides is 1. The zero-order valence-corrected chi connectivity index (χ0v) is 11.8. The lowest BCUT2D eigenvalue weighted by Gasteiger charge is -2.23. The van der Waals surface area contributed by atoms with Crippen LogP contribution in [0.1, 0.15) is 34.1 Å². The normalized spacial score (nSPS) is 14.6. The summed E-state index contributed by atoms with van der Waals surface area (Å²) in [7, 11) is 0. The summed E-state index contributed by atoms with van der Waals surface area (Å²) in [6, 6.07) is -0.901. The van der Waals surface area contributed by atoms with Gasteiger partial charge in [-0.3, -0.25) is 4.79 Å². The molecule has 2 N–H and O–H groups in total. The molecule has 7 heteroatoms. The van der Waals surface area contributed by atoms with Crippen LogP contribution < -0.4 is 5.32 Å². The van der Waals surface area contributed by atoms with Gasteiger partial charge in [0.1, 0.15) is 5.60 Å². The Kier molecular flexibility index (Phi) is 7.01. The van der Waals surface area contributed by atoms with Gasteiger partial charge in [0.05, 0.1) is 18.6 Å². The first-order valence-electron chi connectivity index (χ1n) is 5.55. The highest BCUT2D eigenvalue weighted by atomic mass is 35.5. The quantitative estimate of drug-likeness (QED) is 0.588. The molecule has 0 radical (unpaired) electrons. The smallest absolute Gasteiger partial charge is 0.407 e. The Morgan fingerprint density at radius 3 is 2.39 bits per heavy atom. The summed E-state index contributed by atoms with van der Waals surface area (Å²) in [5.74, 6) is -0.629. The summed E-state index contributed by atoms with van der Waals surface area (Å²) in [5.41, 5.74) is -0.619. The maximum absolute atomic E-state index is 11.4. The molecule has 0 aromatic heterocycles. The summed E-state index contributed by atoms with van der Waals surface area (Å²) in [6.45, 7) is 6.74. The zero-order valence-electron chi connectivity index (χ0n) is 11.0. The predicted molar refractivity (Wildman–Crippen MR) is 66.3 cm³/mol. The van der Waals surface area contributed by atoms with E-state index in [1.165, 1.54) is 0 Å². The highest BCUT2D eigenvalue weighted by molar-refractivity contribution is 6.17. The maximum atomic E-state index is 11.4. The van der Waals surface area contributed by atoms with E-state index in [1.54, 1.807) is 27.7 Å². The van der Waals surface area contributed by atoms with E-state index in [0.717, 1.165) is 0 Å². The first kappa shape index (κ1) is 17.0. The molecule has 0 aromatic rings. The Bertz CT molecular complexity index is 290. The van der Waals surface area contributed by atoms with Crippen molar-refractivity contribution in [3.63, 3.8) is 0 Å². The van der Waals surface area contributed by atoms with Gasteiger partial charge in [0.2, 0.25) is 0 Å². The van der Waals surface area contributed by atoms with E-state index in [1.807, 2.05) is 0 Å². The van der Waals surface area contributed by atoms with Gasteiger partial charge in [-0.2, -0.15) is 0 Å². The van der Waals surface area contributed by atoms with E-state index in [-0.39, 0.29) is 12.5 Å². The van der Waals surface area contributed by atoms with E-state index >= 15 is 0 Å². The van der Waals surface area contributed by atoms with Crippen molar-refractivity contribution in [3.05, 3.63) is 0 Å². The average Bonchev–Trinajstić information content (AvgIpc) is 2.14. The fourth-order valence-corrected chi connectivity index (χ4v) is 1.18. The van der Waals surface area contributed by atoms with Crippen molar-refractivity contribution in [2.24, 2.45) is 0 Å². The lowest BCUT2D eigenvalue weighted by atomic mass is 10.1. The standard InChI is InChI=1S/C11H20ClNO5/c1-7(8(14)5-9(15)17-6-12)13-10(16)18-11(2,3)4/h7-8,14H,5-6H2,1-4H3,(H,13,16)/t7-,8?/m1/s1. The van der Waals surface area contributed by atoms with E-state index in [0.29, 0.717) is 0 Å². The molecule has 0 aromatic carbocycles. The molecule has 0 fully saturated rings. The van der Waals surface area contributed by atoms with E-state index in [4.69, 9.17) is 16.3 Å². The molecule has 0 heterocycles. The van der Waals surface area contributed by atoms with Crippen molar-refractivity contribution in [2.75, 3.05) is 6.07 Å². The highest BCUT2D eigenvalue weighted by Gasteiger charge is 2.23. The van der Waals surface area contributed by atoms with Crippen LogP contribution in [0.5, 0.6) is 0 Å². The van der Waals surface area contributed by atoms with Crippen LogP contribution in [0.4, 0.5) is 4.79 Å². The molecule has 0 aliphatic heterocycles. The first-order valence-corrected chi connectivity index (χ1v) is 6.08. The molecule has 0 bridgehead atoms. The minimum atomic E-state index is -1.06. The Hall–Kier alpha value is -1.01. The highest BCUT2D eigenvalue weighted by Crippen LogP contribution is 2.08. The molecule has 1 amide bonds. The number of rotatable bonds is 5. The van der Waals surface area contributed by atoms with Crippen molar-refractivity contribution in [1.82, 2.24) is 5.32 Å². The summed E-state index contributed by atoms with van der Waals surface area (Å²) in [6.07, 6.45) is -1.96. The number of esters is 1. The minimum absolute atomic E-state index is 0.246. The molecular formula is C11H20ClNO5. The number of hydrogen-bond acceptors (Lipinski definition) is 5. The molecule has 1 unspecified atom stereocenters. The Balaban J connectivity index is 4.11. The molecule has 0 aliphatic rings. The number of alkyl carbamates (subject to hydrolysis) is 1. The molecular weight excluding hydrogens is 262 g/mol. The van der Waals surface area contributed by atoms with E-state index in [9.17, 15) is 14.7 Å². The number of aliphatic hydroxyl groups is 1. The third-order valence-electron chi connectivity index (χ3n) is 1.91. The molecule has 0 spiro atoms. The third kappa shape index (κ3) is 8.14. The second kappa shape index (κ2) is 7.43. The second-order valence-electron chi connectivity index (χ2n) is 4.83. The number of carbonyl (C=O) groups excluding carboxylic acids is 2. The number of carbonyl (C=O) groups is 2. The Labute approximate surface area is 112 Å². The number of nitrogens with one attached hydrogen (secondary N) is 1. The predicted octanol–water partition coefficient (Wildman–Crippen LogP) is 1.39. The lowest BCUT2D eigenvalue weighted by Crippen LogP contribution is -2.44. The summed E-state index contributed by atoms with van der Waals surface area (Å²) < 4.78 is 9.48. The van der Waals surface area contributed by atoms with Crippen molar-refractivity contribution < 1.29 is 24.2 Å². The molecule has 0 saturated carbocycles. The number of aliphatic hydroxyl groups excluding tert-OH is 1. The molecule has 2 atom stereocenters. The van der Waals surface area contributed by atoms with Gasteiger partial charge in [-0.1, -0.05) is 11.6 Å². The number of amides is 1. The molecule has 0 saturated heterocycles. The number of halogens is 1. The number of ether oxygens (including phenoxy) is 2. The largest absolute Gasteiger partial charge is 0.449 e. The van der Waals surface area contributed by atoms with Crippen LogP contribution in [-0.4, -0.2) is 41.0 Å². The van der Waals surface area contributed by atoms with Gasteiger partial charge < -0.3 is 19.9 Å². The van der Waals surface area contributed by atoms with Crippen molar-refractivity contribution in [2.45, 2.75) is 51.9 Å². The first-order chi connectivity index (χ1) is 8.15. The number of hydrogen-bond donors (Lipinski definition) is 2. The van der Waals surface area contributed by atoms with Crippen LogP contribution in [0, 0.1) is 0 Å². The van der Waals surface area contributed by atoms with Crippen LogP contribution in [0.2, 0.25) is 0 Å². The van der Waals surface area contributed by atoms with Crippen LogP contribution in [0.3, 0.4) is 0 Å². The third-order valence-corrected chi connectivity index (χ3v) is 2.02. The summed E-state index contributed by atoms with van der Waals surface area (Å²) in [5, 5.41) is 12.1. The monoisotopic (exact) mass is 281 g/mol. The summed E-state index contributed by atoms with van der Waals surface area (Å²) in [4.78, 5) is 22.5. The Morgan fingerprint density at radius 2 is 1.94 bits per heavy atom. The van der Waals surface area contributed by atoms with Crippen LogP contribution in [0.25, 0.3) is 0 Å².